The van der Waals surface area contributed by atoms with Crippen molar-refractivity contribution in [2.45, 2.75) is 19.8 Å². The number of piperidine rings is 1. The standard InChI is InChI=1S/C16H21NO4/c1-2-21-11-12-4-3-9-17(10-12)15(18)13-5-7-14(8-6-13)16(19)20/h5-8,12H,2-4,9-11H2,1H3,(H,19,20)/t12-/m1/s1. The molecule has 1 amide bonds. The maximum absolute atomic E-state index is 12.4. The summed E-state index contributed by atoms with van der Waals surface area (Å²) in [7, 11) is 0. The second-order valence-corrected chi connectivity index (χ2v) is 5.30. The summed E-state index contributed by atoms with van der Waals surface area (Å²) in [6, 6.07) is 6.10. The summed E-state index contributed by atoms with van der Waals surface area (Å²) in [5.74, 6) is -0.627. The van der Waals surface area contributed by atoms with Gasteiger partial charge in [-0.3, -0.25) is 4.79 Å². The molecule has 5 nitrogen and oxygen atoms in total. The first-order valence-corrected chi connectivity index (χ1v) is 7.32. The highest BCUT2D eigenvalue weighted by atomic mass is 16.5. The quantitative estimate of drug-likeness (QED) is 0.903. The number of aromatic carboxylic acids is 1. The van der Waals surface area contributed by atoms with Gasteiger partial charge in [0.05, 0.1) is 12.2 Å². The minimum atomic E-state index is -0.983. The van der Waals surface area contributed by atoms with Crippen molar-refractivity contribution < 1.29 is 19.4 Å². The third-order valence-electron chi connectivity index (χ3n) is 3.74. The van der Waals surface area contributed by atoms with Crippen LogP contribution in [0.2, 0.25) is 0 Å². The van der Waals surface area contributed by atoms with Crippen molar-refractivity contribution in [1.82, 2.24) is 4.90 Å². The molecule has 1 fully saturated rings. The maximum Gasteiger partial charge on any atom is 0.335 e. The van der Waals surface area contributed by atoms with Crippen LogP contribution in [0.15, 0.2) is 24.3 Å². The lowest BCUT2D eigenvalue weighted by atomic mass is 9.98. The van der Waals surface area contributed by atoms with Crippen molar-refractivity contribution >= 4 is 11.9 Å². The molecular formula is C16H21NO4. The van der Waals surface area contributed by atoms with Crippen LogP contribution in [-0.2, 0) is 4.74 Å². The van der Waals surface area contributed by atoms with Crippen LogP contribution in [0.1, 0.15) is 40.5 Å². The number of amides is 1. The molecule has 0 bridgehead atoms. The highest BCUT2D eigenvalue weighted by Gasteiger charge is 2.24. The number of benzene rings is 1. The van der Waals surface area contributed by atoms with Crippen LogP contribution in [0.3, 0.4) is 0 Å². The zero-order valence-corrected chi connectivity index (χ0v) is 12.2. The molecule has 1 atom stereocenters. The molecule has 1 saturated heterocycles. The van der Waals surface area contributed by atoms with Crippen LogP contribution in [0.25, 0.3) is 0 Å². The molecule has 1 aliphatic heterocycles. The Labute approximate surface area is 124 Å². The van der Waals surface area contributed by atoms with E-state index < -0.39 is 5.97 Å². The summed E-state index contributed by atoms with van der Waals surface area (Å²) in [5, 5.41) is 8.87. The molecule has 0 aromatic heterocycles. The van der Waals surface area contributed by atoms with Gasteiger partial charge < -0.3 is 14.7 Å². The van der Waals surface area contributed by atoms with Gasteiger partial charge in [0.1, 0.15) is 0 Å². The SMILES string of the molecule is CCOC[C@@H]1CCCN(C(=O)c2ccc(C(=O)O)cc2)C1. The third kappa shape index (κ3) is 4.04. The van der Waals surface area contributed by atoms with Crippen LogP contribution in [0.4, 0.5) is 0 Å². The molecule has 0 unspecified atom stereocenters. The number of carboxylic acid groups (broad SMARTS) is 1. The molecule has 1 aromatic carbocycles. The van der Waals surface area contributed by atoms with Crippen LogP contribution in [0.5, 0.6) is 0 Å². The number of ether oxygens (including phenoxy) is 1. The molecule has 1 aromatic rings. The van der Waals surface area contributed by atoms with Gasteiger partial charge in [0.2, 0.25) is 0 Å². The maximum atomic E-state index is 12.4. The Bertz CT molecular complexity index is 498. The number of carboxylic acids is 1. The largest absolute Gasteiger partial charge is 0.478 e. The topological polar surface area (TPSA) is 66.8 Å². The van der Waals surface area contributed by atoms with Crippen LogP contribution >= 0.6 is 0 Å². The van der Waals surface area contributed by atoms with Gasteiger partial charge in [0, 0.05) is 25.3 Å². The molecule has 1 N–H and O–H groups in total. The Hall–Kier alpha value is -1.88. The van der Waals surface area contributed by atoms with Crippen LogP contribution in [-0.4, -0.2) is 48.2 Å². The van der Waals surface area contributed by atoms with Crippen molar-refractivity contribution in [3.8, 4) is 0 Å². The molecule has 0 saturated carbocycles. The van der Waals surface area contributed by atoms with Crippen LogP contribution < -0.4 is 0 Å². The molecular weight excluding hydrogens is 270 g/mol. The molecule has 1 aliphatic rings. The van der Waals surface area contributed by atoms with E-state index >= 15 is 0 Å². The van der Waals surface area contributed by atoms with E-state index in [1.807, 2.05) is 11.8 Å². The minimum Gasteiger partial charge on any atom is -0.478 e. The second kappa shape index (κ2) is 7.22. The Morgan fingerprint density at radius 2 is 1.95 bits per heavy atom. The van der Waals surface area contributed by atoms with E-state index in [0.717, 1.165) is 19.4 Å². The number of likely N-dealkylation sites (tertiary alicyclic amines) is 1. The summed E-state index contributed by atoms with van der Waals surface area (Å²) < 4.78 is 5.45. The third-order valence-corrected chi connectivity index (χ3v) is 3.74. The normalized spacial score (nSPS) is 18.5. The monoisotopic (exact) mass is 291 g/mol. The summed E-state index contributed by atoms with van der Waals surface area (Å²) in [4.78, 5) is 25.1. The zero-order chi connectivity index (χ0) is 15.2. The summed E-state index contributed by atoms with van der Waals surface area (Å²) >= 11 is 0. The average molecular weight is 291 g/mol. The highest BCUT2D eigenvalue weighted by Crippen LogP contribution is 2.19. The molecule has 1 heterocycles. The summed E-state index contributed by atoms with van der Waals surface area (Å²) in [5.41, 5.74) is 0.733. The highest BCUT2D eigenvalue weighted by molar-refractivity contribution is 5.95. The van der Waals surface area contributed by atoms with Crippen molar-refractivity contribution in [2.24, 2.45) is 5.92 Å². The molecule has 114 valence electrons. The van der Waals surface area contributed by atoms with Gasteiger partial charge in [-0.15, -0.1) is 0 Å². The zero-order valence-electron chi connectivity index (χ0n) is 12.2. The van der Waals surface area contributed by atoms with Gasteiger partial charge in [-0.25, -0.2) is 4.79 Å². The van der Waals surface area contributed by atoms with E-state index in [9.17, 15) is 9.59 Å². The summed E-state index contributed by atoms with van der Waals surface area (Å²) in [6.07, 6.45) is 2.07. The predicted molar refractivity (Wildman–Crippen MR) is 78.5 cm³/mol. The lowest BCUT2D eigenvalue weighted by Gasteiger charge is -2.32. The fourth-order valence-electron chi connectivity index (χ4n) is 2.61. The van der Waals surface area contributed by atoms with E-state index in [1.165, 1.54) is 12.1 Å². The second-order valence-electron chi connectivity index (χ2n) is 5.30. The van der Waals surface area contributed by atoms with Gasteiger partial charge in [0.15, 0.2) is 0 Å². The van der Waals surface area contributed by atoms with Gasteiger partial charge in [0.25, 0.3) is 5.91 Å². The average Bonchev–Trinajstić information content (AvgIpc) is 2.52. The first kappa shape index (κ1) is 15.5. The summed E-state index contributed by atoms with van der Waals surface area (Å²) in [6.45, 7) is 4.82. The molecule has 21 heavy (non-hydrogen) atoms. The van der Waals surface area contributed by atoms with Gasteiger partial charge in [-0.05, 0) is 49.9 Å². The van der Waals surface area contributed by atoms with Crippen molar-refractivity contribution in [2.75, 3.05) is 26.3 Å². The van der Waals surface area contributed by atoms with Crippen LogP contribution in [0, 0.1) is 5.92 Å². The molecule has 0 aliphatic carbocycles. The fraction of sp³-hybridized carbons (Fsp3) is 0.500. The number of hydrogen-bond donors (Lipinski definition) is 1. The number of carbonyl (C=O) groups is 2. The minimum absolute atomic E-state index is 0.0341. The van der Waals surface area contributed by atoms with E-state index in [1.54, 1.807) is 12.1 Å². The van der Waals surface area contributed by atoms with E-state index in [4.69, 9.17) is 9.84 Å². The Kier molecular flexibility index (Phi) is 5.33. The molecule has 0 radical (unpaired) electrons. The Morgan fingerprint density at radius 3 is 2.57 bits per heavy atom. The Balaban J connectivity index is 2.00. The molecule has 5 heteroatoms. The smallest absolute Gasteiger partial charge is 0.335 e. The first-order valence-electron chi connectivity index (χ1n) is 7.32. The number of rotatable bonds is 5. The van der Waals surface area contributed by atoms with Crippen molar-refractivity contribution in [3.05, 3.63) is 35.4 Å². The van der Waals surface area contributed by atoms with E-state index in [0.29, 0.717) is 31.2 Å². The number of hydrogen-bond acceptors (Lipinski definition) is 3. The van der Waals surface area contributed by atoms with Gasteiger partial charge in [-0.1, -0.05) is 0 Å². The number of carbonyl (C=O) groups excluding carboxylic acids is 1. The first-order chi connectivity index (χ1) is 10.1. The van der Waals surface area contributed by atoms with Crippen molar-refractivity contribution in [1.29, 1.82) is 0 Å². The number of nitrogens with zero attached hydrogens (tertiary/aromatic N) is 1. The Morgan fingerprint density at radius 1 is 1.29 bits per heavy atom. The predicted octanol–water partition coefficient (Wildman–Crippen LogP) is 2.27. The van der Waals surface area contributed by atoms with Gasteiger partial charge in [-0.2, -0.15) is 0 Å². The van der Waals surface area contributed by atoms with E-state index in [-0.39, 0.29) is 11.5 Å². The van der Waals surface area contributed by atoms with E-state index in [2.05, 4.69) is 0 Å². The van der Waals surface area contributed by atoms with Gasteiger partial charge >= 0.3 is 5.97 Å². The lowest BCUT2D eigenvalue weighted by molar-refractivity contribution is 0.0500. The fourth-order valence-corrected chi connectivity index (χ4v) is 2.61. The lowest BCUT2D eigenvalue weighted by Crippen LogP contribution is -2.41. The molecule has 2 rings (SSSR count). The van der Waals surface area contributed by atoms with Crippen molar-refractivity contribution in [3.63, 3.8) is 0 Å². The molecule has 0 spiro atoms.